The van der Waals surface area contributed by atoms with Gasteiger partial charge in [0.25, 0.3) is 0 Å². The molecule has 0 aliphatic heterocycles. The summed E-state index contributed by atoms with van der Waals surface area (Å²) in [6.07, 6.45) is 4.25. The van der Waals surface area contributed by atoms with Crippen LogP contribution in [0.25, 0.3) is 82.4 Å². The van der Waals surface area contributed by atoms with Crippen LogP contribution in [-0.4, -0.2) is 23.5 Å². The third-order valence-electron chi connectivity index (χ3n) is 10.4. The molecule has 0 saturated carbocycles. The molecule has 0 fully saturated rings. The number of fused-ring (bicyclic) bond motifs is 12. The molecule has 0 saturated heterocycles. The van der Waals surface area contributed by atoms with Gasteiger partial charge in [-0.05, 0) is 83.2 Å². The highest BCUT2D eigenvalue weighted by atomic mass is 19.1. The lowest BCUT2D eigenvalue weighted by Crippen LogP contribution is -2.00. The van der Waals surface area contributed by atoms with Crippen molar-refractivity contribution in [3.8, 4) is 11.4 Å². The van der Waals surface area contributed by atoms with Crippen LogP contribution in [0.15, 0.2) is 164 Å². The summed E-state index contributed by atoms with van der Waals surface area (Å²) in [4.78, 5) is 9.55. The first kappa shape index (κ1) is 28.1. The number of aromatic nitrogens is 5. The van der Waals surface area contributed by atoms with E-state index in [0.29, 0.717) is 11.1 Å². The normalized spacial score (nSPS) is 12.7. The lowest BCUT2D eigenvalue weighted by molar-refractivity contribution is 0.402. The molecule has 11 aromatic rings. The Labute approximate surface area is 291 Å². The maximum Gasteiger partial charge on any atom is 0.150 e. The molecule has 0 radical (unpaired) electrons. The van der Waals surface area contributed by atoms with E-state index >= 15 is 4.39 Å². The standard InChI is InChI=1S/C45H28FN5/c46-43(29-19-20-32-33-14-4-6-17-39(33)49-23-22-48-44(49)38(32)25-29)28-10-8-13-31(24-28)51-42-27-41-36(26-37(42)35-16-9-21-47-45(35)51)34-15-5-7-18-40(34)50(41)30-11-2-1-3-12-30/h1-27,43H. The molecule has 5 heterocycles. The van der Waals surface area contributed by atoms with Crippen molar-refractivity contribution < 1.29 is 4.39 Å². The van der Waals surface area contributed by atoms with Crippen molar-refractivity contribution in [2.24, 2.45) is 0 Å². The number of alkyl halides is 1. The third kappa shape index (κ3) is 4.01. The predicted molar refractivity (Wildman–Crippen MR) is 206 cm³/mol. The van der Waals surface area contributed by atoms with Gasteiger partial charge in [-0.2, -0.15) is 0 Å². The fourth-order valence-electron chi connectivity index (χ4n) is 8.18. The minimum atomic E-state index is -1.34. The van der Waals surface area contributed by atoms with E-state index in [-0.39, 0.29) is 0 Å². The molecular formula is C45H28FN5. The van der Waals surface area contributed by atoms with E-state index < -0.39 is 6.17 Å². The number of halogens is 1. The number of nitrogens with zero attached hydrogens (tertiary/aromatic N) is 5. The summed E-state index contributed by atoms with van der Waals surface area (Å²) in [5.41, 5.74) is 9.14. The second-order valence-corrected chi connectivity index (χ2v) is 13.2. The molecule has 0 aliphatic carbocycles. The Kier molecular flexibility index (Phi) is 5.84. The number of hydrogen-bond donors (Lipinski definition) is 0. The highest BCUT2D eigenvalue weighted by Crippen LogP contribution is 2.40. The van der Waals surface area contributed by atoms with Gasteiger partial charge in [0.2, 0.25) is 0 Å². The predicted octanol–water partition coefficient (Wildman–Crippen LogP) is 11.3. The molecule has 0 amide bonds. The van der Waals surface area contributed by atoms with Gasteiger partial charge < -0.3 is 4.57 Å². The Bertz CT molecular complexity index is 3170. The Hall–Kier alpha value is -6.79. The molecule has 0 bridgehead atoms. The summed E-state index contributed by atoms with van der Waals surface area (Å²) in [6, 6.07) is 49.7. The Morgan fingerprint density at radius 3 is 1.98 bits per heavy atom. The highest BCUT2D eigenvalue weighted by Gasteiger charge is 2.21. The van der Waals surface area contributed by atoms with Crippen LogP contribution in [0.1, 0.15) is 17.3 Å². The van der Waals surface area contributed by atoms with Crippen LogP contribution >= 0.6 is 0 Å². The zero-order valence-corrected chi connectivity index (χ0v) is 27.3. The fourth-order valence-corrected chi connectivity index (χ4v) is 8.18. The molecule has 6 heteroatoms. The van der Waals surface area contributed by atoms with Crippen molar-refractivity contribution in [3.63, 3.8) is 0 Å². The monoisotopic (exact) mass is 657 g/mol. The molecule has 5 nitrogen and oxygen atoms in total. The van der Waals surface area contributed by atoms with E-state index in [0.717, 1.165) is 71.7 Å². The van der Waals surface area contributed by atoms with E-state index in [1.807, 2.05) is 79.1 Å². The van der Waals surface area contributed by atoms with Crippen molar-refractivity contribution in [3.05, 3.63) is 175 Å². The van der Waals surface area contributed by atoms with Gasteiger partial charge in [-0.1, -0.05) is 78.9 Å². The van der Waals surface area contributed by atoms with Gasteiger partial charge >= 0.3 is 0 Å². The van der Waals surface area contributed by atoms with Gasteiger partial charge in [-0.3, -0.25) is 8.97 Å². The minimum Gasteiger partial charge on any atom is -0.309 e. The average Bonchev–Trinajstić information content (AvgIpc) is 3.90. The summed E-state index contributed by atoms with van der Waals surface area (Å²) in [5, 5.41) is 7.64. The van der Waals surface area contributed by atoms with Crippen LogP contribution < -0.4 is 0 Å². The van der Waals surface area contributed by atoms with Crippen molar-refractivity contribution in [1.29, 1.82) is 0 Å². The van der Waals surface area contributed by atoms with E-state index in [1.54, 1.807) is 6.20 Å². The first-order valence-corrected chi connectivity index (χ1v) is 17.1. The zero-order chi connectivity index (χ0) is 33.6. The second-order valence-electron chi connectivity index (χ2n) is 13.2. The molecule has 0 aliphatic rings. The average molecular weight is 658 g/mol. The van der Waals surface area contributed by atoms with Gasteiger partial charge in [0.1, 0.15) is 11.3 Å². The molecule has 51 heavy (non-hydrogen) atoms. The first-order valence-electron chi connectivity index (χ1n) is 17.1. The summed E-state index contributed by atoms with van der Waals surface area (Å²) in [5.74, 6) is 0. The fraction of sp³-hybridized carbons (Fsp3) is 0.0222. The lowest BCUT2D eigenvalue weighted by Gasteiger charge is -2.15. The Morgan fingerprint density at radius 2 is 1.10 bits per heavy atom. The molecule has 11 rings (SSSR count). The summed E-state index contributed by atoms with van der Waals surface area (Å²) in [6.45, 7) is 0. The molecule has 240 valence electrons. The number of rotatable bonds is 4. The van der Waals surface area contributed by atoms with Crippen LogP contribution in [-0.2, 0) is 0 Å². The maximum atomic E-state index is 16.8. The van der Waals surface area contributed by atoms with E-state index in [9.17, 15) is 0 Å². The van der Waals surface area contributed by atoms with E-state index in [1.165, 1.54) is 10.8 Å². The molecular weight excluding hydrogens is 630 g/mol. The first-order chi connectivity index (χ1) is 25.2. The number of pyridine rings is 2. The largest absolute Gasteiger partial charge is 0.309 e. The van der Waals surface area contributed by atoms with Crippen LogP contribution in [0.3, 0.4) is 0 Å². The number of imidazole rings is 1. The van der Waals surface area contributed by atoms with Crippen LogP contribution in [0.2, 0.25) is 0 Å². The van der Waals surface area contributed by atoms with Crippen molar-refractivity contribution in [2.75, 3.05) is 0 Å². The molecule has 0 spiro atoms. The molecule has 1 unspecified atom stereocenters. The second kappa shape index (κ2) is 10.6. The van der Waals surface area contributed by atoms with Crippen LogP contribution in [0, 0.1) is 0 Å². The van der Waals surface area contributed by atoms with Crippen molar-refractivity contribution in [2.45, 2.75) is 6.17 Å². The number of benzene rings is 6. The Balaban J connectivity index is 1.11. The molecule has 0 N–H and O–H groups in total. The summed E-state index contributed by atoms with van der Waals surface area (Å²) in [7, 11) is 0. The molecule has 1 atom stereocenters. The molecule has 6 aromatic carbocycles. The van der Waals surface area contributed by atoms with Gasteiger partial charge in [0, 0.05) is 62.3 Å². The lowest BCUT2D eigenvalue weighted by atomic mass is 9.98. The van der Waals surface area contributed by atoms with Crippen molar-refractivity contribution in [1.82, 2.24) is 23.5 Å². The minimum absolute atomic E-state index is 0.581. The number of hydrogen-bond acceptors (Lipinski definition) is 2. The number of para-hydroxylation sites is 3. The third-order valence-corrected chi connectivity index (χ3v) is 10.4. The van der Waals surface area contributed by atoms with Crippen LogP contribution in [0.5, 0.6) is 0 Å². The maximum absolute atomic E-state index is 16.8. The Morgan fingerprint density at radius 1 is 0.412 bits per heavy atom. The topological polar surface area (TPSA) is 40.0 Å². The summed E-state index contributed by atoms with van der Waals surface area (Å²) < 4.78 is 23.4. The van der Waals surface area contributed by atoms with Gasteiger partial charge in [0.05, 0.1) is 22.1 Å². The smallest absolute Gasteiger partial charge is 0.150 e. The van der Waals surface area contributed by atoms with Gasteiger partial charge in [-0.15, -0.1) is 0 Å². The van der Waals surface area contributed by atoms with E-state index in [4.69, 9.17) is 4.98 Å². The summed E-state index contributed by atoms with van der Waals surface area (Å²) >= 11 is 0. The van der Waals surface area contributed by atoms with Crippen LogP contribution in [0.4, 0.5) is 4.39 Å². The zero-order valence-electron chi connectivity index (χ0n) is 27.3. The van der Waals surface area contributed by atoms with Gasteiger partial charge in [-0.25, -0.2) is 14.4 Å². The highest BCUT2D eigenvalue weighted by molar-refractivity contribution is 6.18. The SMILES string of the molecule is FC(c1cccc(-n2c3cc4c(cc3c3cccnc32)c2ccccc2n4-c2ccccc2)c1)c1ccc2c3ccccc3n3ccnc3c2c1. The van der Waals surface area contributed by atoms with Gasteiger partial charge in [0.15, 0.2) is 6.17 Å². The molecule has 5 aromatic heterocycles. The van der Waals surface area contributed by atoms with Crippen molar-refractivity contribution >= 4 is 71.1 Å². The van der Waals surface area contributed by atoms with E-state index in [2.05, 4.69) is 97.4 Å². The quantitative estimate of drug-likeness (QED) is 0.177.